The Morgan fingerprint density at radius 2 is 2.17 bits per heavy atom. The molecule has 1 aromatic carbocycles. The zero-order valence-electron chi connectivity index (χ0n) is 9.58. The first kappa shape index (κ1) is 12.5. The normalized spacial score (nSPS) is 11.6. The third kappa shape index (κ3) is 2.82. The van der Waals surface area contributed by atoms with Crippen LogP contribution in [-0.2, 0) is 12.5 Å². The number of hydrogen-bond donors (Lipinski definition) is 1. The van der Waals surface area contributed by atoms with E-state index in [-0.39, 0.29) is 23.7 Å². The fraction of sp³-hybridized carbons (Fsp3) is 0.250. The molecular weight excluding hydrogens is 245 g/mol. The summed E-state index contributed by atoms with van der Waals surface area (Å²) >= 11 is 0. The molecule has 0 aliphatic rings. The third-order valence-corrected chi connectivity index (χ3v) is 2.42. The van der Waals surface area contributed by atoms with Crippen molar-refractivity contribution in [1.29, 1.82) is 0 Å². The third-order valence-electron chi connectivity index (χ3n) is 2.42. The summed E-state index contributed by atoms with van der Waals surface area (Å²) in [6.07, 6.45) is 2.82. The van der Waals surface area contributed by atoms with Gasteiger partial charge in [-0.25, -0.2) is 18.2 Å². The molecule has 0 fully saturated rings. The van der Waals surface area contributed by atoms with Crippen molar-refractivity contribution < 1.29 is 17.6 Å². The molecule has 0 bridgehead atoms. The molecule has 0 unspecified atom stereocenters. The lowest BCUT2D eigenvalue weighted by Crippen LogP contribution is -2.09. The quantitative estimate of drug-likeness (QED) is 0.909. The number of aromatic nitrogens is 1. The number of benzene rings is 1. The summed E-state index contributed by atoms with van der Waals surface area (Å²) in [5.41, 5.74) is -0.0823. The van der Waals surface area contributed by atoms with Crippen LogP contribution in [0.4, 0.5) is 19.2 Å². The Bertz CT molecular complexity index is 521. The van der Waals surface area contributed by atoms with Gasteiger partial charge in [0.1, 0.15) is 12.1 Å². The largest absolute Gasteiger partial charge is 0.432 e. The second-order valence-electron chi connectivity index (χ2n) is 3.89. The maximum absolute atomic E-state index is 13.6. The van der Waals surface area contributed by atoms with E-state index in [9.17, 15) is 13.2 Å². The highest BCUT2D eigenvalue weighted by Gasteiger charge is 2.25. The minimum atomic E-state index is -3.05. The van der Waals surface area contributed by atoms with Crippen LogP contribution in [0.1, 0.15) is 18.1 Å². The SMILES string of the molecule is CC(F)(F)c1ccc(CNc2ncco2)c(F)c1. The Kier molecular flexibility index (Phi) is 3.27. The monoisotopic (exact) mass is 256 g/mol. The van der Waals surface area contributed by atoms with Crippen molar-refractivity contribution in [3.8, 4) is 0 Å². The van der Waals surface area contributed by atoms with Crippen LogP contribution in [0.2, 0.25) is 0 Å². The lowest BCUT2D eigenvalue weighted by molar-refractivity contribution is 0.0171. The molecule has 0 saturated carbocycles. The van der Waals surface area contributed by atoms with Crippen LogP contribution in [-0.4, -0.2) is 4.98 Å². The minimum Gasteiger partial charge on any atom is -0.432 e. The van der Waals surface area contributed by atoms with E-state index in [1.54, 1.807) is 0 Å². The Balaban J connectivity index is 2.10. The maximum atomic E-state index is 13.6. The van der Waals surface area contributed by atoms with Crippen LogP contribution in [0.3, 0.4) is 0 Å². The van der Waals surface area contributed by atoms with Crippen molar-refractivity contribution in [2.24, 2.45) is 0 Å². The average Bonchev–Trinajstić information content (AvgIpc) is 2.79. The summed E-state index contributed by atoms with van der Waals surface area (Å²) in [4.78, 5) is 3.80. The number of hydrogen-bond acceptors (Lipinski definition) is 3. The van der Waals surface area contributed by atoms with Crippen LogP contribution < -0.4 is 5.32 Å². The fourth-order valence-electron chi connectivity index (χ4n) is 1.45. The van der Waals surface area contributed by atoms with E-state index < -0.39 is 11.7 Å². The molecule has 3 nitrogen and oxygen atoms in total. The first-order valence-corrected chi connectivity index (χ1v) is 5.27. The predicted molar refractivity (Wildman–Crippen MR) is 59.8 cm³/mol. The van der Waals surface area contributed by atoms with Crippen molar-refractivity contribution in [1.82, 2.24) is 4.98 Å². The van der Waals surface area contributed by atoms with Gasteiger partial charge in [-0.05, 0) is 6.07 Å². The zero-order chi connectivity index (χ0) is 13.2. The first-order valence-electron chi connectivity index (χ1n) is 5.27. The summed E-state index contributed by atoms with van der Waals surface area (Å²) in [6.45, 7) is 0.842. The molecular formula is C12H11F3N2O. The molecule has 0 saturated heterocycles. The zero-order valence-corrected chi connectivity index (χ0v) is 9.58. The molecule has 6 heteroatoms. The van der Waals surface area contributed by atoms with Gasteiger partial charge in [-0.2, -0.15) is 0 Å². The minimum absolute atomic E-state index is 0.113. The molecule has 0 atom stereocenters. The molecule has 96 valence electrons. The van der Waals surface area contributed by atoms with Crippen LogP contribution in [0.5, 0.6) is 0 Å². The topological polar surface area (TPSA) is 38.1 Å². The van der Waals surface area contributed by atoms with E-state index in [1.165, 1.54) is 24.6 Å². The second-order valence-corrected chi connectivity index (χ2v) is 3.89. The fourth-order valence-corrected chi connectivity index (χ4v) is 1.45. The van der Waals surface area contributed by atoms with Crippen LogP contribution in [0.15, 0.2) is 35.1 Å². The summed E-state index contributed by atoms with van der Waals surface area (Å²) < 4.78 is 44.4. The maximum Gasteiger partial charge on any atom is 0.294 e. The highest BCUT2D eigenvalue weighted by Crippen LogP contribution is 2.28. The molecule has 0 aliphatic heterocycles. The summed E-state index contributed by atoms with van der Waals surface area (Å²) in [5, 5.41) is 2.73. The number of anilines is 1. The highest BCUT2D eigenvalue weighted by molar-refractivity contribution is 5.30. The Labute approximate surface area is 102 Å². The molecule has 1 aromatic heterocycles. The summed E-state index contributed by atoms with van der Waals surface area (Å²) in [5.74, 6) is -3.73. The van der Waals surface area contributed by atoms with Crippen LogP contribution in [0.25, 0.3) is 0 Å². The van der Waals surface area contributed by atoms with Crippen LogP contribution >= 0.6 is 0 Å². The van der Waals surface area contributed by atoms with E-state index in [2.05, 4.69) is 10.3 Å². The number of nitrogens with zero attached hydrogens (tertiary/aromatic N) is 1. The van der Waals surface area contributed by atoms with Crippen molar-refractivity contribution >= 4 is 6.01 Å². The average molecular weight is 256 g/mol. The van der Waals surface area contributed by atoms with E-state index in [4.69, 9.17) is 4.42 Å². The molecule has 0 aliphatic carbocycles. The summed E-state index contributed by atoms with van der Waals surface area (Å²) in [7, 11) is 0. The van der Waals surface area contributed by atoms with Gasteiger partial charge >= 0.3 is 0 Å². The molecule has 0 radical (unpaired) electrons. The van der Waals surface area contributed by atoms with Crippen molar-refractivity contribution in [2.75, 3.05) is 5.32 Å². The Morgan fingerprint density at radius 3 is 2.72 bits per heavy atom. The van der Waals surface area contributed by atoms with E-state index in [1.807, 2.05) is 0 Å². The van der Waals surface area contributed by atoms with Gasteiger partial charge in [0, 0.05) is 24.6 Å². The molecule has 2 aromatic rings. The van der Waals surface area contributed by atoms with Gasteiger partial charge in [-0.1, -0.05) is 12.1 Å². The molecule has 2 rings (SSSR count). The highest BCUT2D eigenvalue weighted by atomic mass is 19.3. The van der Waals surface area contributed by atoms with Gasteiger partial charge in [-0.3, -0.25) is 0 Å². The van der Waals surface area contributed by atoms with Gasteiger partial charge in [0.2, 0.25) is 0 Å². The van der Waals surface area contributed by atoms with Crippen molar-refractivity contribution in [2.45, 2.75) is 19.4 Å². The molecule has 0 amide bonds. The Morgan fingerprint density at radius 1 is 1.39 bits per heavy atom. The summed E-state index contributed by atoms with van der Waals surface area (Å²) in [6, 6.07) is 3.61. The number of alkyl halides is 2. The molecule has 18 heavy (non-hydrogen) atoms. The van der Waals surface area contributed by atoms with E-state index in [0.717, 1.165) is 13.0 Å². The first-order chi connectivity index (χ1) is 8.47. The number of halogens is 3. The van der Waals surface area contributed by atoms with E-state index in [0.29, 0.717) is 0 Å². The van der Waals surface area contributed by atoms with Gasteiger partial charge in [0.15, 0.2) is 0 Å². The van der Waals surface area contributed by atoms with Gasteiger partial charge < -0.3 is 9.73 Å². The Hall–Kier alpha value is -1.98. The number of oxazole rings is 1. The van der Waals surface area contributed by atoms with Crippen LogP contribution in [0, 0.1) is 5.82 Å². The second kappa shape index (κ2) is 4.72. The van der Waals surface area contributed by atoms with Crippen molar-refractivity contribution in [3.05, 3.63) is 47.6 Å². The lowest BCUT2D eigenvalue weighted by atomic mass is 10.1. The smallest absolute Gasteiger partial charge is 0.294 e. The van der Waals surface area contributed by atoms with E-state index >= 15 is 0 Å². The van der Waals surface area contributed by atoms with Crippen molar-refractivity contribution in [3.63, 3.8) is 0 Å². The number of rotatable bonds is 4. The lowest BCUT2D eigenvalue weighted by Gasteiger charge is -2.12. The molecule has 1 N–H and O–H groups in total. The predicted octanol–water partition coefficient (Wildman–Crippen LogP) is 3.54. The molecule has 0 spiro atoms. The van der Waals surface area contributed by atoms with Gasteiger partial charge in [-0.15, -0.1) is 0 Å². The number of nitrogens with one attached hydrogen (secondary N) is 1. The van der Waals surface area contributed by atoms with Gasteiger partial charge in [0.05, 0.1) is 6.20 Å². The molecule has 1 heterocycles. The standard InChI is InChI=1S/C12H11F3N2O/c1-12(14,15)9-3-2-8(10(13)6-9)7-17-11-16-4-5-18-11/h2-6H,7H2,1H3,(H,16,17). The van der Waals surface area contributed by atoms with Gasteiger partial charge in [0.25, 0.3) is 11.9 Å².